The van der Waals surface area contributed by atoms with Crippen LogP contribution in [0, 0.1) is 17.0 Å². The first-order chi connectivity index (χ1) is 15.0. The largest absolute Gasteiger partial charge is 0.344 e. The number of hydrazone groups is 1. The molecule has 0 saturated carbocycles. The van der Waals surface area contributed by atoms with Crippen LogP contribution in [0.3, 0.4) is 0 Å². The van der Waals surface area contributed by atoms with Gasteiger partial charge in [-0.25, -0.2) is 5.43 Å². The van der Waals surface area contributed by atoms with Gasteiger partial charge in [0.15, 0.2) is 0 Å². The summed E-state index contributed by atoms with van der Waals surface area (Å²) in [5, 5.41) is 16.4. The molecule has 0 aliphatic carbocycles. The van der Waals surface area contributed by atoms with Crippen molar-refractivity contribution in [2.24, 2.45) is 5.10 Å². The predicted octanol–water partition coefficient (Wildman–Crippen LogP) is 4.60. The summed E-state index contributed by atoms with van der Waals surface area (Å²) in [5.74, 6) is -0.495. The van der Waals surface area contributed by atoms with Crippen molar-refractivity contribution in [3.63, 3.8) is 0 Å². The second-order valence-electron chi connectivity index (χ2n) is 7.08. The maximum Gasteiger partial charge on any atom is 0.293 e. The molecule has 2 N–H and O–H groups in total. The highest BCUT2D eigenvalue weighted by atomic mass is 16.6. The Labute approximate surface area is 177 Å². The summed E-state index contributed by atoms with van der Waals surface area (Å²) in [4.78, 5) is 31.3. The molecule has 154 valence electrons. The highest BCUT2D eigenvalue weighted by Gasteiger charge is 2.24. The number of aromatic nitrogens is 2. The molecule has 1 amide bonds. The van der Waals surface area contributed by atoms with Crippen LogP contribution in [0.2, 0.25) is 0 Å². The van der Waals surface area contributed by atoms with Gasteiger partial charge in [0.05, 0.1) is 10.6 Å². The maximum atomic E-state index is 13.1. The van der Waals surface area contributed by atoms with Crippen LogP contribution in [0.15, 0.2) is 72.1 Å². The number of carbonyl (C=O) groups excluding carboxylic acids is 1. The predicted molar refractivity (Wildman–Crippen MR) is 119 cm³/mol. The molecule has 0 aliphatic heterocycles. The first-order valence-corrected chi connectivity index (χ1v) is 9.57. The molecule has 0 radical (unpaired) electrons. The zero-order chi connectivity index (χ0) is 22.0. The highest BCUT2D eigenvalue weighted by molar-refractivity contribution is 6.12. The Morgan fingerprint density at radius 2 is 1.94 bits per heavy atom. The number of benzene rings is 2. The van der Waals surface area contributed by atoms with E-state index in [1.165, 1.54) is 6.07 Å². The number of pyridine rings is 1. The fraction of sp³-hybridized carbons (Fsp3) is 0.0870. The lowest BCUT2D eigenvalue weighted by atomic mass is 10.00. The van der Waals surface area contributed by atoms with Crippen LogP contribution < -0.4 is 5.43 Å². The minimum Gasteiger partial charge on any atom is -0.344 e. The zero-order valence-electron chi connectivity index (χ0n) is 16.9. The number of fused-ring (bicyclic) bond motifs is 1. The number of nitro groups is 1. The molecule has 0 aliphatic rings. The van der Waals surface area contributed by atoms with E-state index < -0.39 is 10.8 Å². The van der Waals surface area contributed by atoms with Crippen LogP contribution >= 0.6 is 0 Å². The van der Waals surface area contributed by atoms with Gasteiger partial charge in [0, 0.05) is 35.0 Å². The summed E-state index contributed by atoms with van der Waals surface area (Å²) in [7, 11) is 0. The first-order valence-electron chi connectivity index (χ1n) is 9.57. The minimum absolute atomic E-state index is 0.0822. The Morgan fingerprint density at radius 3 is 2.61 bits per heavy atom. The molecule has 0 atom stereocenters. The number of amides is 1. The van der Waals surface area contributed by atoms with Crippen molar-refractivity contribution in [1.82, 2.24) is 15.4 Å². The van der Waals surface area contributed by atoms with Crippen molar-refractivity contribution in [1.29, 1.82) is 0 Å². The van der Waals surface area contributed by atoms with E-state index in [1.807, 2.05) is 42.5 Å². The summed E-state index contributed by atoms with van der Waals surface area (Å²) in [6.45, 7) is 3.55. The second-order valence-corrected chi connectivity index (χ2v) is 7.08. The van der Waals surface area contributed by atoms with Crippen LogP contribution in [-0.2, 0) is 0 Å². The quantitative estimate of drug-likeness (QED) is 0.283. The molecule has 0 bridgehead atoms. The standard InChI is InChI=1S/C23H19N5O3/c1-14-11-18-20(16-7-4-3-5-8-16)22(25-21(18)19(12-14)28(30)31)23(29)27-26-15(2)17-9-6-10-24-13-17/h3-13,25H,1-2H3,(H,27,29)/b26-15-. The van der Waals surface area contributed by atoms with E-state index in [1.54, 1.807) is 32.3 Å². The van der Waals surface area contributed by atoms with Gasteiger partial charge in [-0.1, -0.05) is 36.4 Å². The summed E-state index contributed by atoms with van der Waals surface area (Å²) in [5.41, 5.74) is 6.42. The molecule has 4 rings (SSSR count). The van der Waals surface area contributed by atoms with Gasteiger partial charge in [0.25, 0.3) is 11.6 Å². The Morgan fingerprint density at radius 1 is 1.16 bits per heavy atom. The molecule has 2 aromatic heterocycles. The topological polar surface area (TPSA) is 113 Å². The number of aromatic amines is 1. The number of aryl methyl sites for hydroxylation is 1. The van der Waals surface area contributed by atoms with E-state index in [2.05, 4.69) is 20.5 Å². The number of nitrogens with one attached hydrogen (secondary N) is 2. The lowest BCUT2D eigenvalue weighted by molar-refractivity contribution is -0.383. The van der Waals surface area contributed by atoms with Crippen molar-refractivity contribution >= 4 is 28.2 Å². The third-order valence-corrected chi connectivity index (χ3v) is 4.92. The Hall–Kier alpha value is -4.33. The number of non-ortho nitro benzene ring substituents is 1. The lowest BCUT2D eigenvalue weighted by Gasteiger charge is -2.06. The normalized spacial score (nSPS) is 11.5. The summed E-state index contributed by atoms with van der Waals surface area (Å²) >= 11 is 0. The third-order valence-electron chi connectivity index (χ3n) is 4.92. The fourth-order valence-electron chi connectivity index (χ4n) is 3.47. The van der Waals surface area contributed by atoms with E-state index in [4.69, 9.17) is 0 Å². The first kappa shape index (κ1) is 20.0. The summed E-state index contributed by atoms with van der Waals surface area (Å²) in [6, 6.07) is 16.2. The van der Waals surface area contributed by atoms with Crippen LogP contribution in [0.1, 0.15) is 28.5 Å². The molecular formula is C23H19N5O3. The molecule has 4 aromatic rings. The van der Waals surface area contributed by atoms with Gasteiger partial charge in [-0.05, 0) is 37.1 Å². The van der Waals surface area contributed by atoms with Gasteiger partial charge in [-0.2, -0.15) is 5.10 Å². The Bertz CT molecular complexity index is 1310. The Kier molecular flexibility index (Phi) is 5.28. The van der Waals surface area contributed by atoms with E-state index in [0.29, 0.717) is 22.2 Å². The van der Waals surface area contributed by atoms with E-state index in [0.717, 1.165) is 16.7 Å². The number of hydrogen-bond donors (Lipinski definition) is 2. The van der Waals surface area contributed by atoms with E-state index >= 15 is 0 Å². The Balaban J connectivity index is 1.84. The van der Waals surface area contributed by atoms with Gasteiger partial charge in [-0.3, -0.25) is 19.9 Å². The van der Waals surface area contributed by atoms with E-state index in [9.17, 15) is 14.9 Å². The van der Waals surface area contributed by atoms with Gasteiger partial charge < -0.3 is 4.98 Å². The number of H-pyrrole nitrogens is 1. The summed E-state index contributed by atoms with van der Waals surface area (Å²) in [6.07, 6.45) is 3.30. The number of rotatable bonds is 5. The monoisotopic (exact) mass is 413 g/mol. The number of nitro benzene ring substituents is 1. The van der Waals surface area contributed by atoms with Crippen molar-refractivity contribution in [3.05, 3.63) is 93.9 Å². The zero-order valence-corrected chi connectivity index (χ0v) is 16.9. The smallest absolute Gasteiger partial charge is 0.293 e. The molecule has 31 heavy (non-hydrogen) atoms. The number of hydrogen-bond acceptors (Lipinski definition) is 5. The van der Waals surface area contributed by atoms with Crippen molar-refractivity contribution in [2.75, 3.05) is 0 Å². The second kappa shape index (κ2) is 8.19. The minimum atomic E-state index is -0.495. The average molecular weight is 413 g/mol. The molecule has 2 aromatic carbocycles. The van der Waals surface area contributed by atoms with Crippen LogP contribution in [-0.4, -0.2) is 26.5 Å². The molecule has 8 nitrogen and oxygen atoms in total. The SMILES string of the molecule is C/C(=N/NC(=O)c1[nH]c2c([N+](=O)[O-])cc(C)cc2c1-c1ccccc1)c1cccnc1. The summed E-state index contributed by atoms with van der Waals surface area (Å²) < 4.78 is 0. The van der Waals surface area contributed by atoms with Crippen molar-refractivity contribution in [3.8, 4) is 11.1 Å². The molecule has 0 unspecified atom stereocenters. The number of nitrogens with zero attached hydrogens (tertiary/aromatic N) is 3. The maximum absolute atomic E-state index is 13.1. The van der Waals surface area contributed by atoms with Gasteiger partial charge >= 0.3 is 0 Å². The molecule has 0 fully saturated rings. The van der Waals surface area contributed by atoms with Crippen LogP contribution in [0.5, 0.6) is 0 Å². The number of carbonyl (C=O) groups is 1. The molecular weight excluding hydrogens is 394 g/mol. The third kappa shape index (κ3) is 3.91. The van der Waals surface area contributed by atoms with Crippen LogP contribution in [0.4, 0.5) is 5.69 Å². The van der Waals surface area contributed by atoms with Gasteiger partial charge in [0.1, 0.15) is 11.2 Å². The lowest BCUT2D eigenvalue weighted by Crippen LogP contribution is -2.20. The van der Waals surface area contributed by atoms with Gasteiger partial charge in [-0.15, -0.1) is 0 Å². The molecule has 0 spiro atoms. The fourth-order valence-corrected chi connectivity index (χ4v) is 3.47. The van der Waals surface area contributed by atoms with Crippen molar-refractivity contribution in [2.45, 2.75) is 13.8 Å². The van der Waals surface area contributed by atoms with Gasteiger partial charge in [0.2, 0.25) is 0 Å². The molecule has 0 saturated heterocycles. The average Bonchev–Trinajstić information content (AvgIpc) is 3.17. The van der Waals surface area contributed by atoms with Crippen LogP contribution in [0.25, 0.3) is 22.0 Å². The highest BCUT2D eigenvalue weighted by Crippen LogP contribution is 2.37. The molecule has 2 heterocycles. The van der Waals surface area contributed by atoms with Crippen molar-refractivity contribution < 1.29 is 9.72 Å². The molecule has 8 heteroatoms. The van der Waals surface area contributed by atoms with E-state index in [-0.39, 0.29) is 11.4 Å².